The molecule has 3 rings (SSSR count). The third-order valence-electron chi connectivity index (χ3n) is 5.63. The van der Waals surface area contributed by atoms with Gasteiger partial charge in [-0.25, -0.2) is 4.98 Å². The van der Waals surface area contributed by atoms with Gasteiger partial charge in [0.2, 0.25) is 11.5 Å². The first-order chi connectivity index (χ1) is 14.6. The van der Waals surface area contributed by atoms with E-state index in [0.717, 1.165) is 55.5 Å². The zero-order valence-electron chi connectivity index (χ0n) is 17.7. The summed E-state index contributed by atoms with van der Waals surface area (Å²) in [5.74, 6) is -1.58. The number of piperazine rings is 1. The van der Waals surface area contributed by atoms with Crippen molar-refractivity contribution in [2.45, 2.75) is 24.6 Å². The number of aliphatic hydroxyl groups is 1. The van der Waals surface area contributed by atoms with Crippen LogP contribution in [-0.2, 0) is 23.9 Å². The van der Waals surface area contributed by atoms with Gasteiger partial charge in [-0.3, -0.25) is 4.79 Å². The molecule has 0 bridgehead atoms. The molecule has 0 radical (unpaired) electrons. The van der Waals surface area contributed by atoms with E-state index in [1.807, 2.05) is 12.1 Å². The number of amides is 1. The van der Waals surface area contributed by atoms with Crippen molar-refractivity contribution in [2.75, 3.05) is 45.1 Å². The number of alkyl halides is 3. The summed E-state index contributed by atoms with van der Waals surface area (Å²) in [4.78, 5) is 20.6. The molecule has 31 heavy (non-hydrogen) atoms. The lowest BCUT2D eigenvalue weighted by Gasteiger charge is -2.32. The van der Waals surface area contributed by atoms with E-state index in [0.29, 0.717) is 5.69 Å². The molecule has 1 aliphatic rings. The van der Waals surface area contributed by atoms with Crippen LogP contribution in [0.2, 0.25) is 0 Å². The lowest BCUT2D eigenvalue weighted by molar-refractivity contribution is -0.270. The van der Waals surface area contributed by atoms with Gasteiger partial charge in [0.15, 0.2) is 5.82 Å². The lowest BCUT2D eigenvalue weighted by Crippen LogP contribution is -2.46. The molecule has 1 aromatic heterocycles. The molecular weight excluding hydrogens is 411 g/mol. The van der Waals surface area contributed by atoms with Gasteiger partial charge >= 0.3 is 6.18 Å². The Morgan fingerprint density at radius 3 is 2.32 bits per heavy atom. The van der Waals surface area contributed by atoms with Crippen LogP contribution in [0.25, 0.3) is 0 Å². The number of nitrogens with zero attached hydrogens (tertiary/aromatic N) is 4. The van der Waals surface area contributed by atoms with Crippen molar-refractivity contribution < 1.29 is 23.1 Å². The van der Waals surface area contributed by atoms with E-state index in [1.54, 1.807) is 12.1 Å². The van der Waals surface area contributed by atoms with Gasteiger partial charge in [0.1, 0.15) is 0 Å². The monoisotopic (exact) mass is 439 g/mol. The van der Waals surface area contributed by atoms with E-state index in [4.69, 9.17) is 0 Å². The molecule has 1 aromatic carbocycles. The van der Waals surface area contributed by atoms with Crippen LogP contribution in [0.4, 0.5) is 18.9 Å². The number of benzene rings is 1. The smallest absolute Gasteiger partial charge is 0.374 e. The van der Waals surface area contributed by atoms with Crippen molar-refractivity contribution in [2.24, 2.45) is 7.05 Å². The topological polar surface area (TPSA) is 73.6 Å². The Balaban J connectivity index is 1.58. The van der Waals surface area contributed by atoms with Crippen molar-refractivity contribution in [3.05, 3.63) is 48.0 Å². The Labute approximate surface area is 179 Å². The number of hydrogen-bond acceptors (Lipinski definition) is 5. The van der Waals surface area contributed by atoms with Crippen molar-refractivity contribution >= 4 is 11.6 Å². The predicted octanol–water partition coefficient (Wildman–Crippen LogP) is 1.99. The summed E-state index contributed by atoms with van der Waals surface area (Å²) in [6, 6.07) is 7.01. The molecule has 1 atom stereocenters. The Kier molecular flexibility index (Phi) is 7.03. The number of rotatable bonds is 7. The van der Waals surface area contributed by atoms with E-state index in [9.17, 15) is 23.1 Å². The fraction of sp³-hybridized carbons (Fsp3) is 0.524. The highest BCUT2D eigenvalue weighted by Gasteiger charge is 2.58. The van der Waals surface area contributed by atoms with Crippen LogP contribution in [0.15, 0.2) is 36.7 Å². The summed E-state index contributed by atoms with van der Waals surface area (Å²) < 4.78 is 41.8. The fourth-order valence-corrected chi connectivity index (χ4v) is 3.62. The second kappa shape index (κ2) is 9.37. The molecule has 0 saturated carbocycles. The van der Waals surface area contributed by atoms with Gasteiger partial charge in [-0.1, -0.05) is 12.1 Å². The number of carbonyl (C=O) groups is 1. The molecular formula is C21H28F3N5O2. The molecule has 1 saturated heterocycles. The molecule has 1 aliphatic heterocycles. The molecule has 7 nitrogen and oxygen atoms in total. The second-order valence-corrected chi connectivity index (χ2v) is 8.04. The maximum Gasteiger partial charge on any atom is 0.425 e. The van der Waals surface area contributed by atoms with Crippen molar-refractivity contribution in [1.29, 1.82) is 0 Å². The van der Waals surface area contributed by atoms with Crippen LogP contribution in [-0.4, -0.2) is 76.3 Å². The van der Waals surface area contributed by atoms with E-state index in [2.05, 4.69) is 27.1 Å². The van der Waals surface area contributed by atoms with Gasteiger partial charge in [-0.2, -0.15) is 13.2 Å². The molecule has 1 amide bonds. The highest BCUT2D eigenvalue weighted by atomic mass is 19.4. The third-order valence-corrected chi connectivity index (χ3v) is 5.63. The van der Waals surface area contributed by atoms with Crippen LogP contribution in [0, 0.1) is 0 Å². The molecule has 0 aliphatic carbocycles. The first-order valence-electron chi connectivity index (χ1n) is 10.1. The number of imidazole rings is 1. The normalized spacial score (nSPS) is 18.0. The second-order valence-electron chi connectivity index (χ2n) is 8.04. The van der Waals surface area contributed by atoms with Crippen molar-refractivity contribution in [3.8, 4) is 0 Å². The summed E-state index contributed by atoms with van der Waals surface area (Å²) in [6.07, 6.45) is -2.97. The lowest BCUT2D eigenvalue weighted by atomic mass is 9.97. The maximum atomic E-state index is 13.6. The average molecular weight is 439 g/mol. The van der Waals surface area contributed by atoms with Crippen LogP contribution in [0.5, 0.6) is 0 Å². The highest BCUT2D eigenvalue weighted by Crippen LogP contribution is 2.40. The molecule has 1 unspecified atom stereocenters. The number of likely N-dealkylation sites (N-methyl/N-ethyl adjacent to an activating group) is 1. The first kappa shape index (κ1) is 23.2. The van der Waals surface area contributed by atoms with Crippen LogP contribution >= 0.6 is 0 Å². The number of anilines is 1. The summed E-state index contributed by atoms with van der Waals surface area (Å²) in [7, 11) is 3.44. The van der Waals surface area contributed by atoms with Crippen LogP contribution < -0.4 is 5.32 Å². The third kappa shape index (κ3) is 5.63. The summed E-state index contributed by atoms with van der Waals surface area (Å²) in [5, 5.41) is 12.8. The van der Waals surface area contributed by atoms with Crippen LogP contribution in [0.1, 0.15) is 17.8 Å². The molecule has 10 heteroatoms. The standard InChI is InChI=1S/C21H28F3N5O2/c1-27-11-13-29(14-12-27)9-7-16-3-5-17(6-4-16)26-18(30)15-20(31,21(22,23)24)19-25-8-10-28(19)2/h3-6,8,10,31H,7,9,11-15H2,1-2H3,(H,26,30). The minimum atomic E-state index is -5.06. The fourth-order valence-electron chi connectivity index (χ4n) is 3.62. The maximum absolute atomic E-state index is 13.6. The number of carbonyl (C=O) groups excluding carboxylic acids is 1. The van der Waals surface area contributed by atoms with Gasteiger partial charge in [0.05, 0.1) is 6.42 Å². The quantitative estimate of drug-likeness (QED) is 0.690. The molecule has 0 spiro atoms. The zero-order valence-corrected chi connectivity index (χ0v) is 17.7. The average Bonchev–Trinajstić information content (AvgIpc) is 3.14. The molecule has 2 heterocycles. The number of hydrogen-bond donors (Lipinski definition) is 2. The molecule has 1 fully saturated rings. The number of nitrogens with one attached hydrogen (secondary N) is 1. The largest absolute Gasteiger partial charge is 0.425 e. The van der Waals surface area contributed by atoms with Crippen LogP contribution in [0.3, 0.4) is 0 Å². The Bertz CT molecular complexity index is 876. The predicted molar refractivity (Wildman–Crippen MR) is 110 cm³/mol. The van der Waals surface area contributed by atoms with E-state index in [1.165, 1.54) is 13.2 Å². The Hall–Kier alpha value is -2.43. The van der Waals surface area contributed by atoms with E-state index < -0.39 is 29.9 Å². The summed E-state index contributed by atoms with van der Waals surface area (Å²) in [6.45, 7) is 5.09. The summed E-state index contributed by atoms with van der Waals surface area (Å²) >= 11 is 0. The van der Waals surface area contributed by atoms with Gasteiger partial charge in [-0.05, 0) is 31.2 Å². The Morgan fingerprint density at radius 1 is 1.13 bits per heavy atom. The number of aryl methyl sites for hydroxylation is 1. The molecule has 170 valence electrons. The van der Waals surface area contributed by atoms with E-state index in [-0.39, 0.29) is 0 Å². The van der Waals surface area contributed by atoms with Gasteiger partial charge in [-0.15, -0.1) is 0 Å². The first-order valence-corrected chi connectivity index (χ1v) is 10.1. The van der Waals surface area contributed by atoms with E-state index >= 15 is 0 Å². The summed E-state index contributed by atoms with van der Waals surface area (Å²) in [5.41, 5.74) is -1.92. The van der Waals surface area contributed by atoms with Gasteiger partial charge in [0.25, 0.3) is 0 Å². The minimum Gasteiger partial charge on any atom is -0.374 e. The van der Waals surface area contributed by atoms with Gasteiger partial charge in [0, 0.05) is 57.9 Å². The van der Waals surface area contributed by atoms with Crippen molar-refractivity contribution in [1.82, 2.24) is 19.4 Å². The SMILES string of the molecule is CN1CCN(CCc2ccc(NC(=O)CC(O)(c3nccn3C)C(F)(F)F)cc2)CC1. The number of aromatic nitrogens is 2. The molecule has 2 N–H and O–H groups in total. The number of halogens is 3. The zero-order chi connectivity index (χ0) is 22.6. The highest BCUT2D eigenvalue weighted by molar-refractivity contribution is 5.91. The van der Waals surface area contributed by atoms with Gasteiger partial charge < -0.3 is 24.8 Å². The Morgan fingerprint density at radius 2 is 1.77 bits per heavy atom. The molecule has 2 aromatic rings. The minimum absolute atomic E-state index is 0.373. The van der Waals surface area contributed by atoms with Crippen molar-refractivity contribution in [3.63, 3.8) is 0 Å².